The molecule has 1 rings (SSSR count). The molecule has 0 unspecified atom stereocenters. The summed E-state index contributed by atoms with van der Waals surface area (Å²) in [6.45, 7) is 0.939. The predicted molar refractivity (Wildman–Crippen MR) is 53.2 cm³/mol. The third kappa shape index (κ3) is 2.62. The van der Waals surface area contributed by atoms with Crippen LogP contribution in [0.1, 0.15) is 12.1 Å². The number of hydrogen-bond donors (Lipinski definition) is 1. The predicted octanol–water partition coefficient (Wildman–Crippen LogP) is 0.899. The minimum Gasteiger partial charge on any atom is -0.382 e. The Labute approximate surface area is 77.8 Å². The van der Waals surface area contributed by atoms with Crippen LogP contribution in [0.3, 0.4) is 0 Å². The molecule has 0 fully saturated rings. The molecule has 1 aromatic rings. The Hall–Kier alpha value is -0.900. The average Bonchev–Trinajstić information content (AvgIpc) is 2.46. The van der Waals surface area contributed by atoms with Gasteiger partial charge in [-0.2, -0.15) is 0 Å². The van der Waals surface area contributed by atoms with E-state index in [0.29, 0.717) is 0 Å². The fourth-order valence-corrected chi connectivity index (χ4v) is 1.17. The van der Waals surface area contributed by atoms with Gasteiger partial charge in [-0.05, 0) is 12.8 Å². The Bertz CT molecular complexity index is 244. The third-order valence-corrected chi connectivity index (χ3v) is 1.92. The molecule has 0 spiro atoms. The van der Waals surface area contributed by atoms with Crippen LogP contribution >= 0.6 is 12.2 Å². The molecule has 0 radical (unpaired) electrons. The van der Waals surface area contributed by atoms with Crippen LogP contribution in [0.2, 0.25) is 0 Å². The van der Waals surface area contributed by atoms with Crippen LogP contribution in [0.4, 0.5) is 0 Å². The lowest BCUT2D eigenvalue weighted by atomic mass is 10.2. The first-order valence-electron chi connectivity index (χ1n) is 3.97. The van der Waals surface area contributed by atoms with Crippen LogP contribution in [0, 0.1) is 0 Å². The molecule has 4 heteroatoms. The van der Waals surface area contributed by atoms with Gasteiger partial charge in [0.2, 0.25) is 0 Å². The summed E-state index contributed by atoms with van der Waals surface area (Å²) in [4.78, 5) is 4.03. The maximum Gasteiger partial charge on any atom is 0.0945 e. The van der Waals surface area contributed by atoms with Crippen molar-refractivity contribution >= 4 is 17.7 Å². The number of nitrogens with one attached hydrogen (secondary N) is 1. The van der Waals surface area contributed by atoms with Gasteiger partial charge in [0, 0.05) is 25.5 Å². The molecule has 1 N–H and O–H groups in total. The zero-order valence-electron chi connectivity index (χ0n) is 7.16. The summed E-state index contributed by atoms with van der Waals surface area (Å²) in [6, 6.07) is 0. The van der Waals surface area contributed by atoms with E-state index in [1.165, 1.54) is 5.69 Å². The van der Waals surface area contributed by atoms with Gasteiger partial charge in [-0.15, -0.1) is 0 Å². The highest BCUT2D eigenvalue weighted by Crippen LogP contribution is 1.99. The summed E-state index contributed by atoms with van der Waals surface area (Å²) >= 11 is 4.64. The zero-order valence-corrected chi connectivity index (χ0v) is 7.97. The maximum atomic E-state index is 4.64. The molecule has 0 saturated carbocycles. The Morgan fingerprint density at radius 3 is 3.17 bits per heavy atom. The molecule has 3 nitrogen and oxygen atoms in total. The highest BCUT2D eigenvalue weighted by atomic mass is 32.1. The number of rotatable bonds is 5. The smallest absolute Gasteiger partial charge is 0.0945 e. The molecule has 1 aromatic heterocycles. The van der Waals surface area contributed by atoms with E-state index in [-0.39, 0.29) is 0 Å². The molecular weight excluding hydrogens is 170 g/mol. The number of imidazole rings is 1. The topological polar surface area (TPSA) is 29.9 Å². The molecule has 0 bridgehead atoms. The minimum absolute atomic E-state index is 0.939. The number of thiocarbonyl (C=S) groups is 1. The highest BCUT2D eigenvalue weighted by molar-refractivity contribution is 7.78. The molecule has 1 heterocycles. The van der Waals surface area contributed by atoms with Crippen LogP contribution < -0.4 is 5.32 Å². The van der Waals surface area contributed by atoms with E-state index >= 15 is 0 Å². The Morgan fingerprint density at radius 2 is 2.58 bits per heavy atom. The van der Waals surface area contributed by atoms with Crippen molar-refractivity contribution in [1.82, 2.24) is 14.9 Å². The maximum absolute atomic E-state index is 4.64. The van der Waals surface area contributed by atoms with Crippen LogP contribution in [0.15, 0.2) is 12.5 Å². The normalized spacial score (nSPS) is 9.75. The second kappa shape index (κ2) is 4.87. The molecule has 0 atom stereocenters. The van der Waals surface area contributed by atoms with Gasteiger partial charge in [0.15, 0.2) is 0 Å². The standard InChI is InChI=1S/C8H13N3S/c1-11-6-10-5-8(11)3-2-4-9-7-12/h5-7H,2-4H2,1H3,(H,9,12). The second-order valence-corrected chi connectivity index (χ2v) is 2.91. The van der Waals surface area contributed by atoms with Gasteiger partial charge in [-0.25, -0.2) is 4.98 Å². The van der Waals surface area contributed by atoms with Gasteiger partial charge in [0.25, 0.3) is 0 Å². The Balaban J connectivity index is 2.24. The molecular formula is C8H13N3S. The van der Waals surface area contributed by atoms with Crippen molar-refractivity contribution in [2.75, 3.05) is 6.54 Å². The van der Waals surface area contributed by atoms with Crippen molar-refractivity contribution in [3.05, 3.63) is 18.2 Å². The minimum atomic E-state index is 0.939. The van der Waals surface area contributed by atoms with Crippen molar-refractivity contribution in [2.45, 2.75) is 12.8 Å². The first-order valence-corrected chi connectivity index (χ1v) is 4.44. The number of aryl methyl sites for hydroxylation is 2. The largest absolute Gasteiger partial charge is 0.382 e. The van der Waals surface area contributed by atoms with Crippen LogP contribution in [0.25, 0.3) is 0 Å². The van der Waals surface area contributed by atoms with Crippen molar-refractivity contribution in [2.24, 2.45) is 7.05 Å². The third-order valence-electron chi connectivity index (χ3n) is 1.75. The highest BCUT2D eigenvalue weighted by Gasteiger charge is 1.96. The van der Waals surface area contributed by atoms with Crippen LogP contribution in [0.5, 0.6) is 0 Å². The molecule has 12 heavy (non-hydrogen) atoms. The molecule has 0 aliphatic carbocycles. The van der Waals surface area contributed by atoms with Gasteiger partial charge in [0.1, 0.15) is 0 Å². The monoisotopic (exact) mass is 183 g/mol. The molecule has 66 valence electrons. The fourth-order valence-electron chi connectivity index (χ4n) is 1.06. The van der Waals surface area contributed by atoms with E-state index in [1.54, 1.807) is 5.49 Å². The molecule has 0 aliphatic heterocycles. The van der Waals surface area contributed by atoms with Gasteiger partial charge >= 0.3 is 0 Å². The first kappa shape index (κ1) is 9.19. The summed E-state index contributed by atoms with van der Waals surface area (Å²) in [7, 11) is 2.01. The van der Waals surface area contributed by atoms with Crippen molar-refractivity contribution in [3.63, 3.8) is 0 Å². The lowest BCUT2D eigenvalue weighted by molar-refractivity contribution is 0.730. The molecule has 0 aliphatic rings. The van der Waals surface area contributed by atoms with E-state index in [2.05, 4.69) is 22.5 Å². The number of aromatic nitrogens is 2. The Morgan fingerprint density at radius 1 is 1.75 bits per heavy atom. The van der Waals surface area contributed by atoms with Crippen molar-refractivity contribution in [1.29, 1.82) is 0 Å². The summed E-state index contributed by atoms with van der Waals surface area (Å²) in [5.41, 5.74) is 2.82. The van der Waals surface area contributed by atoms with E-state index in [4.69, 9.17) is 0 Å². The van der Waals surface area contributed by atoms with Crippen LogP contribution in [-0.4, -0.2) is 21.6 Å². The van der Waals surface area contributed by atoms with Gasteiger partial charge in [-0.1, -0.05) is 12.2 Å². The molecule has 0 saturated heterocycles. The first-order chi connectivity index (χ1) is 5.84. The van der Waals surface area contributed by atoms with Gasteiger partial charge in [0.05, 0.1) is 11.8 Å². The van der Waals surface area contributed by atoms with Gasteiger partial charge in [-0.3, -0.25) is 0 Å². The quantitative estimate of drug-likeness (QED) is 0.543. The van der Waals surface area contributed by atoms with E-state index in [0.717, 1.165) is 19.4 Å². The number of hydrogen-bond acceptors (Lipinski definition) is 2. The summed E-state index contributed by atoms with van der Waals surface area (Å²) in [5, 5.41) is 2.99. The zero-order chi connectivity index (χ0) is 8.81. The van der Waals surface area contributed by atoms with Crippen molar-refractivity contribution in [3.8, 4) is 0 Å². The van der Waals surface area contributed by atoms with Gasteiger partial charge < -0.3 is 9.88 Å². The summed E-state index contributed by atoms with van der Waals surface area (Å²) < 4.78 is 2.04. The molecule has 0 amide bonds. The summed E-state index contributed by atoms with van der Waals surface area (Å²) in [5.74, 6) is 0. The summed E-state index contributed by atoms with van der Waals surface area (Å²) in [6.07, 6.45) is 5.86. The Kier molecular flexibility index (Phi) is 3.73. The van der Waals surface area contributed by atoms with Crippen molar-refractivity contribution < 1.29 is 0 Å². The SMILES string of the molecule is Cn1cncc1CCCNC=S. The number of nitrogens with zero attached hydrogens (tertiary/aromatic N) is 2. The fraction of sp³-hybridized carbons (Fsp3) is 0.500. The lowest BCUT2D eigenvalue weighted by Gasteiger charge is -2.01. The molecule has 0 aromatic carbocycles. The second-order valence-electron chi connectivity index (χ2n) is 2.67. The van der Waals surface area contributed by atoms with E-state index in [1.807, 2.05) is 24.1 Å². The lowest BCUT2D eigenvalue weighted by Crippen LogP contribution is -2.12. The van der Waals surface area contributed by atoms with E-state index in [9.17, 15) is 0 Å². The van der Waals surface area contributed by atoms with Crippen LogP contribution in [-0.2, 0) is 13.5 Å². The van der Waals surface area contributed by atoms with E-state index < -0.39 is 0 Å². The average molecular weight is 183 g/mol.